The Morgan fingerprint density at radius 2 is 2.06 bits per heavy atom. The molecule has 0 amide bonds. The van der Waals surface area contributed by atoms with Gasteiger partial charge in [0, 0.05) is 24.3 Å². The molecule has 0 spiro atoms. The minimum absolute atomic E-state index is 0.860. The second kappa shape index (κ2) is 5.85. The molecule has 1 fully saturated rings. The van der Waals surface area contributed by atoms with Crippen LogP contribution in [-0.2, 0) is 0 Å². The number of anilines is 1. The second-order valence-corrected chi connectivity index (χ2v) is 6.09. The van der Waals surface area contributed by atoms with Crippen molar-refractivity contribution in [1.29, 1.82) is 0 Å². The van der Waals surface area contributed by atoms with Gasteiger partial charge in [0.15, 0.2) is 0 Å². The molecule has 1 saturated carbocycles. The van der Waals surface area contributed by atoms with Crippen LogP contribution in [0.5, 0.6) is 0 Å². The van der Waals surface area contributed by atoms with E-state index in [4.69, 9.17) is 0 Å². The van der Waals surface area contributed by atoms with Gasteiger partial charge >= 0.3 is 0 Å². The Balaban J connectivity index is 2.00. The van der Waals surface area contributed by atoms with Crippen LogP contribution in [0.3, 0.4) is 0 Å². The van der Waals surface area contributed by atoms with Crippen LogP contribution >= 0.6 is 15.9 Å². The van der Waals surface area contributed by atoms with Crippen LogP contribution in [0.15, 0.2) is 16.7 Å². The van der Waals surface area contributed by atoms with E-state index in [0.29, 0.717) is 0 Å². The van der Waals surface area contributed by atoms with E-state index in [-0.39, 0.29) is 0 Å². The van der Waals surface area contributed by atoms with Crippen molar-refractivity contribution in [3.8, 4) is 0 Å². The summed E-state index contributed by atoms with van der Waals surface area (Å²) in [7, 11) is 2.16. The lowest BCUT2D eigenvalue weighted by molar-refractivity contribution is 0.361. The van der Waals surface area contributed by atoms with Gasteiger partial charge in [-0.3, -0.25) is 0 Å². The minimum atomic E-state index is 0.860. The SMILES string of the molecule is Cc1cc(Br)cnc1N(C)CC1CCCCC1. The molecule has 0 bridgehead atoms. The molecule has 94 valence electrons. The van der Waals surface area contributed by atoms with Gasteiger partial charge in [-0.05, 0) is 53.2 Å². The molecule has 3 heteroatoms. The highest BCUT2D eigenvalue weighted by atomic mass is 79.9. The van der Waals surface area contributed by atoms with E-state index in [0.717, 1.165) is 22.8 Å². The van der Waals surface area contributed by atoms with Crippen LogP contribution < -0.4 is 4.90 Å². The third-order valence-electron chi connectivity index (χ3n) is 3.64. The largest absolute Gasteiger partial charge is 0.359 e. The first kappa shape index (κ1) is 12.9. The van der Waals surface area contributed by atoms with E-state index in [1.807, 2.05) is 6.20 Å². The van der Waals surface area contributed by atoms with Gasteiger partial charge in [0.2, 0.25) is 0 Å². The summed E-state index contributed by atoms with van der Waals surface area (Å²) in [6, 6.07) is 2.14. The maximum Gasteiger partial charge on any atom is 0.131 e. The van der Waals surface area contributed by atoms with Gasteiger partial charge in [-0.25, -0.2) is 4.98 Å². The van der Waals surface area contributed by atoms with Crippen molar-refractivity contribution in [1.82, 2.24) is 4.98 Å². The van der Waals surface area contributed by atoms with Gasteiger partial charge in [-0.1, -0.05) is 19.3 Å². The number of hydrogen-bond donors (Lipinski definition) is 0. The Labute approximate surface area is 113 Å². The number of rotatable bonds is 3. The average molecular weight is 297 g/mol. The highest BCUT2D eigenvalue weighted by Crippen LogP contribution is 2.26. The van der Waals surface area contributed by atoms with Crippen LogP contribution in [0, 0.1) is 12.8 Å². The molecular formula is C14H21BrN2. The van der Waals surface area contributed by atoms with E-state index in [1.165, 1.54) is 37.7 Å². The fourth-order valence-corrected chi connectivity index (χ4v) is 3.22. The number of hydrogen-bond acceptors (Lipinski definition) is 2. The summed E-state index contributed by atoms with van der Waals surface area (Å²) in [6.45, 7) is 3.28. The van der Waals surface area contributed by atoms with Crippen LogP contribution in [0.2, 0.25) is 0 Å². The second-order valence-electron chi connectivity index (χ2n) is 5.18. The zero-order valence-electron chi connectivity index (χ0n) is 10.7. The standard InChI is InChI=1S/C14H21BrN2/c1-11-8-13(15)9-16-14(11)17(2)10-12-6-4-3-5-7-12/h8-9,12H,3-7,10H2,1-2H3. The molecule has 1 aromatic heterocycles. The Hall–Kier alpha value is -0.570. The Morgan fingerprint density at radius 1 is 1.35 bits per heavy atom. The van der Waals surface area contributed by atoms with Crippen molar-refractivity contribution < 1.29 is 0 Å². The Morgan fingerprint density at radius 3 is 2.71 bits per heavy atom. The highest BCUT2D eigenvalue weighted by Gasteiger charge is 2.16. The van der Waals surface area contributed by atoms with Gasteiger partial charge in [0.1, 0.15) is 5.82 Å². The number of pyridine rings is 1. The van der Waals surface area contributed by atoms with E-state index in [2.05, 4.69) is 45.9 Å². The predicted molar refractivity (Wildman–Crippen MR) is 76.5 cm³/mol. The average Bonchev–Trinajstić information content (AvgIpc) is 2.30. The van der Waals surface area contributed by atoms with Crippen molar-refractivity contribution in [2.24, 2.45) is 5.92 Å². The van der Waals surface area contributed by atoms with Crippen LogP contribution in [-0.4, -0.2) is 18.6 Å². The zero-order valence-corrected chi connectivity index (χ0v) is 12.3. The minimum Gasteiger partial charge on any atom is -0.359 e. The summed E-state index contributed by atoms with van der Waals surface area (Å²) in [5.41, 5.74) is 1.25. The predicted octanol–water partition coefficient (Wildman–Crippen LogP) is 4.17. The Bertz CT molecular complexity index is 372. The molecule has 0 aliphatic heterocycles. The smallest absolute Gasteiger partial charge is 0.131 e. The van der Waals surface area contributed by atoms with Gasteiger partial charge in [-0.15, -0.1) is 0 Å². The molecule has 0 atom stereocenters. The fraction of sp³-hybridized carbons (Fsp3) is 0.643. The lowest BCUT2D eigenvalue weighted by Gasteiger charge is -2.28. The van der Waals surface area contributed by atoms with E-state index < -0.39 is 0 Å². The van der Waals surface area contributed by atoms with E-state index >= 15 is 0 Å². The molecule has 0 radical (unpaired) electrons. The summed E-state index contributed by atoms with van der Waals surface area (Å²) >= 11 is 3.46. The fourth-order valence-electron chi connectivity index (χ4n) is 2.78. The molecule has 2 nitrogen and oxygen atoms in total. The van der Waals surface area contributed by atoms with Gasteiger partial charge in [0.05, 0.1) is 0 Å². The molecular weight excluding hydrogens is 276 g/mol. The van der Waals surface area contributed by atoms with Crippen molar-refractivity contribution in [2.75, 3.05) is 18.5 Å². The lowest BCUT2D eigenvalue weighted by Crippen LogP contribution is -2.28. The first-order valence-corrected chi connectivity index (χ1v) is 7.29. The van der Waals surface area contributed by atoms with Gasteiger partial charge < -0.3 is 4.90 Å². The van der Waals surface area contributed by atoms with Crippen LogP contribution in [0.4, 0.5) is 5.82 Å². The molecule has 1 aliphatic rings. The third-order valence-corrected chi connectivity index (χ3v) is 4.07. The molecule has 1 heterocycles. The molecule has 0 aromatic carbocycles. The first-order valence-electron chi connectivity index (χ1n) is 6.50. The Kier molecular flexibility index (Phi) is 4.43. The van der Waals surface area contributed by atoms with E-state index in [1.54, 1.807) is 0 Å². The lowest BCUT2D eigenvalue weighted by atomic mass is 9.89. The summed E-state index contributed by atoms with van der Waals surface area (Å²) < 4.78 is 1.06. The molecule has 1 aliphatic carbocycles. The summed E-state index contributed by atoms with van der Waals surface area (Å²) in [5, 5.41) is 0. The monoisotopic (exact) mass is 296 g/mol. The topological polar surface area (TPSA) is 16.1 Å². The van der Waals surface area contributed by atoms with E-state index in [9.17, 15) is 0 Å². The maximum atomic E-state index is 4.52. The van der Waals surface area contributed by atoms with Crippen molar-refractivity contribution in [3.05, 3.63) is 22.3 Å². The third kappa shape index (κ3) is 3.44. The number of nitrogens with zero attached hydrogens (tertiary/aromatic N) is 2. The van der Waals surface area contributed by atoms with Crippen molar-refractivity contribution >= 4 is 21.7 Å². The maximum absolute atomic E-state index is 4.52. The number of aromatic nitrogens is 1. The quantitative estimate of drug-likeness (QED) is 0.832. The number of halogens is 1. The molecule has 2 rings (SSSR count). The molecule has 0 unspecified atom stereocenters. The molecule has 0 N–H and O–H groups in total. The molecule has 17 heavy (non-hydrogen) atoms. The normalized spacial score (nSPS) is 17.1. The summed E-state index contributed by atoms with van der Waals surface area (Å²) in [5.74, 6) is 1.98. The van der Waals surface area contributed by atoms with Crippen molar-refractivity contribution in [2.45, 2.75) is 39.0 Å². The first-order chi connectivity index (χ1) is 8.16. The zero-order chi connectivity index (χ0) is 12.3. The highest BCUT2D eigenvalue weighted by molar-refractivity contribution is 9.10. The summed E-state index contributed by atoms with van der Waals surface area (Å²) in [6.07, 6.45) is 8.91. The van der Waals surface area contributed by atoms with Crippen molar-refractivity contribution in [3.63, 3.8) is 0 Å². The van der Waals surface area contributed by atoms with Crippen LogP contribution in [0.1, 0.15) is 37.7 Å². The van der Waals surface area contributed by atoms with Crippen LogP contribution in [0.25, 0.3) is 0 Å². The number of aryl methyl sites for hydroxylation is 1. The molecule has 1 aromatic rings. The van der Waals surface area contributed by atoms with Gasteiger partial charge in [0.25, 0.3) is 0 Å². The summed E-state index contributed by atoms with van der Waals surface area (Å²) in [4.78, 5) is 6.84. The van der Waals surface area contributed by atoms with Gasteiger partial charge in [-0.2, -0.15) is 0 Å². The molecule has 0 saturated heterocycles.